The van der Waals surface area contributed by atoms with Gasteiger partial charge in [0.25, 0.3) is 0 Å². The molecule has 3 amide bonds. The molecule has 188 valence electrons. The zero-order valence-corrected chi connectivity index (χ0v) is 20.2. The third-order valence-electron chi connectivity index (χ3n) is 6.33. The monoisotopic (exact) mass is 488 g/mol. The number of carbonyl (C=O) groups excluding carboxylic acids is 2. The lowest BCUT2D eigenvalue weighted by molar-refractivity contribution is 0.0785. The molecule has 3 aromatic rings. The molecule has 0 atom stereocenters. The van der Waals surface area contributed by atoms with E-state index in [1.807, 2.05) is 24.3 Å². The molecule has 0 spiro atoms. The number of hydrogen-bond acceptors (Lipinski definition) is 5. The Morgan fingerprint density at radius 2 is 1.69 bits per heavy atom. The van der Waals surface area contributed by atoms with Gasteiger partial charge in [0.2, 0.25) is 5.91 Å². The number of fused-ring (bicyclic) bond motifs is 1. The van der Waals surface area contributed by atoms with Crippen molar-refractivity contribution in [2.45, 2.75) is 25.8 Å². The van der Waals surface area contributed by atoms with Gasteiger partial charge in [0.15, 0.2) is 0 Å². The number of aryl methyl sites for hydroxylation is 2. The van der Waals surface area contributed by atoms with Crippen molar-refractivity contribution in [3.63, 3.8) is 0 Å². The van der Waals surface area contributed by atoms with Crippen molar-refractivity contribution in [3.05, 3.63) is 89.0 Å². The molecule has 0 saturated carbocycles. The fourth-order valence-electron chi connectivity index (χ4n) is 4.46. The number of ether oxygens (including phenoxy) is 1. The molecule has 3 aromatic carbocycles. The van der Waals surface area contributed by atoms with Crippen LogP contribution in [-0.4, -0.2) is 48.3 Å². The lowest BCUT2D eigenvalue weighted by Gasteiger charge is -2.32. The van der Waals surface area contributed by atoms with Crippen LogP contribution in [0.2, 0.25) is 0 Å². The maximum atomic E-state index is 14.2. The number of aliphatic hydroxyl groups excluding tert-OH is 1. The van der Waals surface area contributed by atoms with E-state index in [0.29, 0.717) is 23.5 Å². The van der Waals surface area contributed by atoms with Gasteiger partial charge in [0.1, 0.15) is 0 Å². The second kappa shape index (κ2) is 11.7. The van der Waals surface area contributed by atoms with Crippen LogP contribution < -0.4 is 16.4 Å². The largest absolute Gasteiger partial charge is 0.397 e. The van der Waals surface area contributed by atoms with Gasteiger partial charge < -0.3 is 26.2 Å². The molecule has 4 rings (SSSR count). The zero-order chi connectivity index (χ0) is 25.5. The first-order valence-corrected chi connectivity index (χ1v) is 12.1. The molecule has 0 aromatic heterocycles. The topological polar surface area (TPSA) is 122 Å². The lowest BCUT2D eigenvalue weighted by Crippen LogP contribution is -2.42. The van der Waals surface area contributed by atoms with E-state index in [1.54, 1.807) is 40.1 Å². The van der Waals surface area contributed by atoms with Gasteiger partial charge in [-0.3, -0.25) is 9.69 Å². The van der Waals surface area contributed by atoms with Crippen LogP contribution in [0.25, 0.3) is 0 Å². The first-order valence-electron chi connectivity index (χ1n) is 12.1. The number of carbonyl (C=O) groups is 2. The van der Waals surface area contributed by atoms with Crippen molar-refractivity contribution < 1.29 is 19.4 Å². The Bertz CT molecular complexity index is 1210. The fourth-order valence-corrected chi connectivity index (χ4v) is 4.46. The van der Waals surface area contributed by atoms with E-state index in [4.69, 9.17) is 21.3 Å². The molecular weight excluding hydrogens is 456 g/mol. The Balaban J connectivity index is 1.68. The minimum Gasteiger partial charge on any atom is -0.397 e. The highest BCUT2D eigenvalue weighted by Crippen LogP contribution is 2.35. The van der Waals surface area contributed by atoms with E-state index in [9.17, 15) is 9.59 Å². The maximum absolute atomic E-state index is 14.2. The standard InChI is InChI=1S/C28H32N4O4/c29-25-6-1-2-7-26(25)32(24-13-12-21-4-3-5-23(21)18-24)28(35)31(14-16-36-17-15-33)19-20-8-10-22(11-9-20)27(30)34/h1-2,6-13,18,33H,3-5,14-17,19,29H2,(H2,30,34). The van der Waals surface area contributed by atoms with Gasteiger partial charge in [-0.25, -0.2) is 4.79 Å². The van der Waals surface area contributed by atoms with E-state index in [0.717, 1.165) is 30.5 Å². The van der Waals surface area contributed by atoms with Gasteiger partial charge >= 0.3 is 6.03 Å². The molecule has 0 saturated heterocycles. The summed E-state index contributed by atoms with van der Waals surface area (Å²) >= 11 is 0. The molecule has 0 aliphatic heterocycles. The van der Waals surface area contributed by atoms with E-state index in [-0.39, 0.29) is 32.4 Å². The number of benzene rings is 3. The van der Waals surface area contributed by atoms with E-state index in [1.165, 1.54) is 11.1 Å². The number of nitrogens with two attached hydrogens (primary N) is 2. The third-order valence-corrected chi connectivity index (χ3v) is 6.33. The van der Waals surface area contributed by atoms with Crippen LogP contribution in [0.4, 0.5) is 21.9 Å². The van der Waals surface area contributed by atoms with Gasteiger partial charge in [-0.15, -0.1) is 0 Å². The first-order chi connectivity index (χ1) is 17.5. The van der Waals surface area contributed by atoms with Crippen LogP contribution in [0.3, 0.4) is 0 Å². The summed E-state index contributed by atoms with van der Waals surface area (Å²) in [7, 11) is 0. The Kier molecular flexibility index (Phi) is 8.20. The minimum absolute atomic E-state index is 0.0929. The molecule has 8 heteroatoms. The highest BCUT2D eigenvalue weighted by molar-refractivity contribution is 6.02. The summed E-state index contributed by atoms with van der Waals surface area (Å²) < 4.78 is 5.48. The van der Waals surface area contributed by atoms with E-state index >= 15 is 0 Å². The van der Waals surface area contributed by atoms with Gasteiger partial charge in [-0.05, 0) is 72.4 Å². The van der Waals surface area contributed by atoms with Crippen LogP contribution in [0, 0.1) is 0 Å². The molecule has 5 N–H and O–H groups in total. The second-order valence-corrected chi connectivity index (χ2v) is 8.80. The number of rotatable bonds is 10. The summed E-state index contributed by atoms with van der Waals surface area (Å²) in [5, 5.41) is 9.07. The predicted octanol–water partition coefficient (Wildman–Crippen LogP) is 3.63. The predicted molar refractivity (Wildman–Crippen MR) is 140 cm³/mol. The number of primary amides is 1. The summed E-state index contributed by atoms with van der Waals surface area (Å²) in [4.78, 5) is 28.9. The van der Waals surface area contributed by atoms with Crippen LogP contribution in [-0.2, 0) is 24.1 Å². The average Bonchev–Trinajstić information content (AvgIpc) is 3.35. The smallest absolute Gasteiger partial charge is 0.329 e. The van der Waals surface area contributed by atoms with E-state index in [2.05, 4.69) is 12.1 Å². The highest BCUT2D eigenvalue weighted by atomic mass is 16.5. The van der Waals surface area contributed by atoms with Crippen LogP contribution in [0.5, 0.6) is 0 Å². The quantitative estimate of drug-likeness (QED) is 0.297. The Hall–Kier alpha value is -3.88. The number of aliphatic hydroxyl groups is 1. The minimum atomic E-state index is -0.505. The van der Waals surface area contributed by atoms with Gasteiger partial charge in [0.05, 0.1) is 36.9 Å². The number of anilines is 3. The Morgan fingerprint density at radius 3 is 2.42 bits per heavy atom. The number of nitrogens with zero attached hydrogens (tertiary/aromatic N) is 2. The highest BCUT2D eigenvalue weighted by Gasteiger charge is 2.27. The average molecular weight is 489 g/mol. The van der Waals surface area contributed by atoms with Crippen LogP contribution in [0.1, 0.15) is 33.5 Å². The molecule has 0 fully saturated rings. The zero-order valence-electron chi connectivity index (χ0n) is 20.2. The Morgan fingerprint density at radius 1 is 0.944 bits per heavy atom. The molecular formula is C28H32N4O4. The number of para-hydroxylation sites is 2. The first kappa shape index (κ1) is 25.2. The van der Waals surface area contributed by atoms with Crippen molar-refractivity contribution in [2.24, 2.45) is 5.73 Å². The van der Waals surface area contributed by atoms with Crippen molar-refractivity contribution in [2.75, 3.05) is 37.0 Å². The molecule has 0 unspecified atom stereocenters. The number of nitrogen functional groups attached to an aromatic ring is 1. The van der Waals surface area contributed by atoms with Crippen molar-refractivity contribution in [1.82, 2.24) is 4.90 Å². The van der Waals surface area contributed by atoms with Crippen LogP contribution in [0.15, 0.2) is 66.7 Å². The molecule has 1 aliphatic carbocycles. The summed E-state index contributed by atoms with van der Waals surface area (Å²) in [5.41, 5.74) is 17.4. The van der Waals surface area contributed by atoms with Crippen molar-refractivity contribution in [3.8, 4) is 0 Å². The number of amides is 3. The number of urea groups is 1. The van der Waals surface area contributed by atoms with Crippen molar-refractivity contribution >= 4 is 29.0 Å². The second-order valence-electron chi connectivity index (χ2n) is 8.80. The maximum Gasteiger partial charge on any atom is 0.329 e. The van der Waals surface area contributed by atoms with Gasteiger partial charge in [-0.1, -0.05) is 30.3 Å². The molecule has 0 radical (unpaired) electrons. The summed E-state index contributed by atoms with van der Waals surface area (Å²) in [6.07, 6.45) is 3.14. The molecule has 1 aliphatic rings. The van der Waals surface area contributed by atoms with Gasteiger partial charge in [0, 0.05) is 18.7 Å². The van der Waals surface area contributed by atoms with Crippen molar-refractivity contribution in [1.29, 1.82) is 0 Å². The summed E-state index contributed by atoms with van der Waals surface area (Å²) in [6.45, 7) is 0.937. The van der Waals surface area contributed by atoms with E-state index < -0.39 is 5.91 Å². The molecule has 0 heterocycles. The fraction of sp³-hybridized carbons (Fsp3) is 0.286. The Labute approximate surface area is 211 Å². The SMILES string of the molecule is NC(=O)c1ccc(CN(CCOCCO)C(=O)N(c2ccc3c(c2)CCC3)c2ccccc2N)cc1. The summed E-state index contributed by atoms with van der Waals surface area (Å²) in [5.74, 6) is -0.505. The third kappa shape index (κ3) is 5.84. The summed E-state index contributed by atoms with van der Waals surface area (Å²) in [6, 6.07) is 20.1. The van der Waals surface area contributed by atoms with Gasteiger partial charge in [-0.2, -0.15) is 0 Å². The van der Waals surface area contributed by atoms with Crippen LogP contribution >= 0.6 is 0 Å². The molecule has 0 bridgehead atoms. The lowest BCUT2D eigenvalue weighted by atomic mass is 10.1. The molecule has 36 heavy (non-hydrogen) atoms. The normalized spacial score (nSPS) is 12.2. The number of hydrogen-bond donors (Lipinski definition) is 3. The molecule has 8 nitrogen and oxygen atoms in total.